The normalized spacial score (nSPS) is 15.4. The van der Waals surface area contributed by atoms with Gasteiger partial charge in [0, 0.05) is 43.1 Å². The second kappa shape index (κ2) is 13.8. The fourth-order valence-electron chi connectivity index (χ4n) is 5.26. The van der Waals surface area contributed by atoms with Crippen molar-refractivity contribution < 1.29 is 32.9 Å². The third-order valence-corrected chi connectivity index (χ3v) is 7.48. The van der Waals surface area contributed by atoms with Crippen molar-refractivity contribution in [2.45, 2.75) is 19.4 Å². The fourth-order valence-corrected chi connectivity index (χ4v) is 5.26. The van der Waals surface area contributed by atoms with Gasteiger partial charge in [-0.15, -0.1) is 0 Å². The average molecular weight is 603 g/mol. The summed E-state index contributed by atoms with van der Waals surface area (Å²) in [7, 11) is 0. The molecule has 2 amide bonds. The van der Waals surface area contributed by atoms with Gasteiger partial charge in [-0.25, -0.2) is 9.18 Å². The van der Waals surface area contributed by atoms with E-state index in [2.05, 4.69) is 20.5 Å². The third kappa shape index (κ3) is 6.95. The lowest BCUT2D eigenvalue weighted by Gasteiger charge is -2.26. The van der Waals surface area contributed by atoms with Crippen molar-refractivity contribution in [3.05, 3.63) is 78.2 Å². The first-order valence-electron chi connectivity index (χ1n) is 14.8. The minimum atomic E-state index is -0.503. The molecular weight excluding hydrogens is 567 g/mol. The van der Waals surface area contributed by atoms with Gasteiger partial charge in [0.2, 0.25) is 5.75 Å². The maximum Gasteiger partial charge on any atom is 0.319 e. The van der Waals surface area contributed by atoms with Gasteiger partial charge in [0.25, 0.3) is 0 Å². The number of aromatic nitrogens is 1. The van der Waals surface area contributed by atoms with Crippen LogP contribution in [-0.4, -0.2) is 68.6 Å². The van der Waals surface area contributed by atoms with Crippen LogP contribution >= 0.6 is 0 Å². The van der Waals surface area contributed by atoms with Crippen molar-refractivity contribution in [1.29, 1.82) is 0 Å². The number of carbonyl (C=O) groups excluding carboxylic acids is 1. The van der Waals surface area contributed by atoms with Gasteiger partial charge in [0.1, 0.15) is 30.5 Å². The molecule has 3 heterocycles. The molecule has 1 aromatic heterocycles. The average Bonchev–Trinajstić information content (AvgIpc) is 3.04. The van der Waals surface area contributed by atoms with E-state index >= 15 is 0 Å². The summed E-state index contributed by atoms with van der Waals surface area (Å²) in [5.41, 5.74) is 1.63. The van der Waals surface area contributed by atoms with Gasteiger partial charge in [0.05, 0.1) is 36.8 Å². The smallest absolute Gasteiger partial charge is 0.319 e. The number of hydrogen-bond acceptors (Lipinski definition) is 8. The Labute approximate surface area is 255 Å². The third-order valence-electron chi connectivity index (χ3n) is 7.48. The summed E-state index contributed by atoms with van der Waals surface area (Å²) < 4.78 is 44.0. The number of urea groups is 1. The van der Waals surface area contributed by atoms with Crippen LogP contribution in [0.5, 0.6) is 28.7 Å². The molecule has 1 unspecified atom stereocenters. The molecule has 0 radical (unpaired) electrons. The predicted octanol–water partition coefficient (Wildman–Crippen LogP) is 5.92. The lowest BCUT2D eigenvalue weighted by molar-refractivity contribution is 0.0357. The summed E-state index contributed by atoms with van der Waals surface area (Å²) in [6.07, 6.45) is 2.55. The lowest BCUT2D eigenvalue weighted by Crippen LogP contribution is -2.37. The molecule has 2 aliphatic heterocycles. The van der Waals surface area contributed by atoms with Crippen LogP contribution in [0, 0.1) is 5.82 Å². The number of amides is 2. The monoisotopic (exact) mass is 602 g/mol. The van der Waals surface area contributed by atoms with Crippen LogP contribution < -0.4 is 29.6 Å². The van der Waals surface area contributed by atoms with E-state index < -0.39 is 12.1 Å². The van der Waals surface area contributed by atoms with Gasteiger partial charge in [-0.2, -0.15) is 0 Å². The molecule has 230 valence electrons. The first-order valence-corrected chi connectivity index (χ1v) is 14.8. The number of benzene rings is 3. The molecule has 4 aromatic rings. The molecule has 3 aromatic carbocycles. The molecule has 6 rings (SSSR count). The number of carbonyl (C=O) groups is 1. The Morgan fingerprint density at radius 1 is 1.00 bits per heavy atom. The number of nitrogens with zero attached hydrogens (tertiary/aromatic N) is 2. The number of rotatable bonds is 10. The van der Waals surface area contributed by atoms with Crippen molar-refractivity contribution in [1.82, 2.24) is 15.2 Å². The molecule has 1 fully saturated rings. The summed E-state index contributed by atoms with van der Waals surface area (Å²) in [6.45, 7) is 7.46. The van der Waals surface area contributed by atoms with Crippen molar-refractivity contribution in [3.8, 4) is 28.7 Å². The molecule has 0 spiro atoms. The lowest BCUT2D eigenvalue weighted by atomic mass is 10.1. The van der Waals surface area contributed by atoms with Gasteiger partial charge in [-0.05, 0) is 49.7 Å². The van der Waals surface area contributed by atoms with E-state index in [-0.39, 0.29) is 5.82 Å². The molecule has 0 saturated carbocycles. The summed E-state index contributed by atoms with van der Waals surface area (Å²) >= 11 is 0. The Balaban J connectivity index is 1.12. The SMILES string of the molecule is CC(NC(=O)Nc1ccc(Oc2ccnc3cc(OCCCN4CCOCC4)c4c(c23)OCCO4)cc1)c1ccccc1F. The van der Waals surface area contributed by atoms with Gasteiger partial charge in [0.15, 0.2) is 11.5 Å². The number of anilines is 1. The van der Waals surface area contributed by atoms with Crippen molar-refractivity contribution >= 4 is 22.6 Å². The highest BCUT2D eigenvalue weighted by atomic mass is 19.1. The zero-order valence-corrected chi connectivity index (χ0v) is 24.5. The Hall–Kier alpha value is -4.61. The number of ether oxygens (including phenoxy) is 5. The Kier molecular flexibility index (Phi) is 9.23. The van der Waals surface area contributed by atoms with Crippen LogP contribution in [0.3, 0.4) is 0 Å². The maximum absolute atomic E-state index is 14.1. The predicted molar refractivity (Wildman–Crippen MR) is 164 cm³/mol. The highest BCUT2D eigenvalue weighted by Gasteiger charge is 2.25. The van der Waals surface area contributed by atoms with Gasteiger partial charge < -0.3 is 34.3 Å². The van der Waals surface area contributed by atoms with E-state index in [1.807, 2.05) is 6.07 Å². The molecular formula is C33H35FN4O6. The second-order valence-corrected chi connectivity index (χ2v) is 10.6. The van der Waals surface area contributed by atoms with E-state index in [1.165, 1.54) is 6.07 Å². The van der Waals surface area contributed by atoms with Gasteiger partial charge in [-0.1, -0.05) is 18.2 Å². The number of morpholine rings is 1. The van der Waals surface area contributed by atoms with E-state index in [4.69, 9.17) is 23.7 Å². The van der Waals surface area contributed by atoms with E-state index in [0.29, 0.717) is 70.7 Å². The van der Waals surface area contributed by atoms with Crippen LogP contribution in [0.15, 0.2) is 66.9 Å². The molecule has 2 N–H and O–H groups in total. The Morgan fingerprint density at radius 3 is 2.57 bits per heavy atom. The van der Waals surface area contributed by atoms with E-state index in [9.17, 15) is 9.18 Å². The first-order chi connectivity index (χ1) is 21.5. The molecule has 2 aliphatic rings. The number of halogens is 1. The topological polar surface area (TPSA) is 103 Å². The standard InChI is InChI=1S/C33H35FN4O6/c1-22(25-5-2-3-6-26(25)34)36-33(39)37-23-7-9-24(10-8-23)44-28-11-12-35-27-21-29(31-32(30(27)28)43-20-19-42-31)41-16-4-13-38-14-17-40-18-15-38/h2-3,5-12,21-22H,4,13-20H2,1H3,(H2,36,37,39). The van der Waals surface area contributed by atoms with Gasteiger partial charge in [-0.3, -0.25) is 9.88 Å². The molecule has 1 atom stereocenters. The van der Waals surface area contributed by atoms with Crippen LogP contribution in [0.25, 0.3) is 10.9 Å². The molecule has 44 heavy (non-hydrogen) atoms. The zero-order valence-electron chi connectivity index (χ0n) is 24.5. The number of nitrogens with one attached hydrogen (secondary N) is 2. The quantitative estimate of drug-likeness (QED) is 0.216. The Bertz CT molecular complexity index is 1600. The first kappa shape index (κ1) is 29.5. The van der Waals surface area contributed by atoms with Crippen LogP contribution in [0.1, 0.15) is 24.9 Å². The highest BCUT2D eigenvalue weighted by Crippen LogP contribution is 2.48. The van der Waals surface area contributed by atoms with Crippen molar-refractivity contribution in [2.24, 2.45) is 0 Å². The summed E-state index contributed by atoms with van der Waals surface area (Å²) in [5.74, 6) is 2.41. The second-order valence-electron chi connectivity index (χ2n) is 10.6. The molecule has 11 heteroatoms. The summed E-state index contributed by atoms with van der Waals surface area (Å²) in [4.78, 5) is 19.5. The number of pyridine rings is 1. The number of fused-ring (bicyclic) bond motifs is 3. The summed E-state index contributed by atoms with van der Waals surface area (Å²) in [6, 6.07) is 16.0. The van der Waals surface area contributed by atoms with Gasteiger partial charge >= 0.3 is 6.03 Å². The van der Waals surface area contributed by atoms with Crippen LogP contribution in [0.4, 0.5) is 14.9 Å². The highest BCUT2D eigenvalue weighted by molar-refractivity contribution is 5.95. The molecule has 0 bridgehead atoms. The van der Waals surface area contributed by atoms with Crippen LogP contribution in [-0.2, 0) is 4.74 Å². The molecule has 10 nitrogen and oxygen atoms in total. The molecule has 1 saturated heterocycles. The molecule has 0 aliphatic carbocycles. The van der Waals surface area contributed by atoms with Crippen LogP contribution in [0.2, 0.25) is 0 Å². The van der Waals surface area contributed by atoms with E-state index in [1.54, 1.807) is 61.7 Å². The minimum Gasteiger partial charge on any atom is -0.489 e. The fraction of sp³-hybridized carbons (Fsp3) is 0.333. The minimum absolute atomic E-state index is 0.369. The maximum atomic E-state index is 14.1. The number of hydrogen-bond donors (Lipinski definition) is 2. The summed E-state index contributed by atoms with van der Waals surface area (Å²) in [5, 5.41) is 6.21. The van der Waals surface area contributed by atoms with Crippen molar-refractivity contribution in [3.63, 3.8) is 0 Å². The van der Waals surface area contributed by atoms with E-state index in [0.717, 1.165) is 39.3 Å². The largest absolute Gasteiger partial charge is 0.489 e. The zero-order chi connectivity index (χ0) is 30.3. The Morgan fingerprint density at radius 2 is 1.77 bits per heavy atom. The van der Waals surface area contributed by atoms with Crippen molar-refractivity contribution in [2.75, 3.05) is 58.0 Å².